The van der Waals surface area contributed by atoms with Gasteiger partial charge in [0.25, 0.3) is 0 Å². The van der Waals surface area contributed by atoms with Crippen LogP contribution in [0.5, 0.6) is 5.75 Å². The van der Waals surface area contributed by atoms with Crippen LogP contribution in [-0.2, 0) is 6.54 Å². The molecule has 0 aliphatic carbocycles. The number of nitrogens with one attached hydrogen (secondary N) is 1. The van der Waals surface area contributed by atoms with Gasteiger partial charge < -0.3 is 15.2 Å². The summed E-state index contributed by atoms with van der Waals surface area (Å²) in [7, 11) is 0. The molecule has 1 aliphatic rings. The molecular weight excluding hydrogens is 325 g/mol. The predicted octanol–water partition coefficient (Wildman–Crippen LogP) is 3.68. The Balaban J connectivity index is 0.00000176. The van der Waals surface area contributed by atoms with Crippen molar-refractivity contribution >= 4 is 30.0 Å². The minimum absolute atomic E-state index is 0. The topological polar surface area (TPSA) is 58.6 Å². The smallest absolute Gasteiger partial charge is 0.335 e. The number of benzene rings is 2. The third kappa shape index (κ3) is 3.53. The van der Waals surface area contributed by atoms with Crippen LogP contribution in [0.1, 0.15) is 27.5 Å². The highest BCUT2D eigenvalue weighted by atomic mass is 35.5. The highest BCUT2D eigenvalue weighted by Crippen LogP contribution is 2.27. The van der Waals surface area contributed by atoms with Crippen molar-refractivity contribution in [3.63, 3.8) is 0 Å². The van der Waals surface area contributed by atoms with E-state index in [9.17, 15) is 4.79 Å². The SMILES string of the molecule is Cl.O=C(O)c1ccc2c(c1)OC[C@H](c1ccc(Cl)cc1)NC2. The molecule has 1 atom stereocenters. The lowest BCUT2D eigenvalue weighted by Gasteiger charge is -2.15. The maximum absolute atomic E-state index is 11.0. The molecule has 2 aromatic carbocycles. The van der Waals surface area contributed by atoms with Crippen LogP contribution < -0.4 is 10.1 Å². The first-order valence-electron chi connectivity index (χ1n) is 6.61. The van der Waals surface area contributed by atoms with Crippen LogP contribution in [-0.4, -0.2) is 17.7 Å². The van der Waals surface area contributed by atoms with Crippen molar-refractivity contribution in [2.75, 3.05) is 6.61 Å². The molecule has 0 bridgehead atoms. The normalized spacial score (nSPS) is 16.7. The van der Waals surface area contributed by atoms with Crippen LogP contribution in [0.15, 0.2) is 42.5 Å². The van der Waals surface area contributed by atoms with Crippen molar-refractivity contribution in [3.8, 4) is 5.75 Å². The number of hydrogen-bond donors (Lipinski definition) is 2. The van der Waals surface area contributed by atoms with Crippen molar-refractivity contribution in [1.82, 2.24) is 5.32 Å². The Morgan fingerprint density at radius 1 is 1.23 bits per heavy atom. The number of carboxylic acid groups (broad SMARTS) is 1. The Bertz CT molecular complexity index is 674. The summed E-state index contributed by atoms with van der Waals surface area (Å²) in [6.45, 7) is 1.07. The van der Waals surface area contributed by atoms with E-state index >= 15 is 0 Å². The van der Waals surface area contributed by atoms with Crippen molar-refractivity contribution in [3.05, 3.63) is 64.2 Å². The van der Waals surface area contributed by atoms with Crippen LogP contribution in [0.25, 0.3) is 0 Å². The number of fused-ring (bicyclic) bond motifs is 1. The lowest BCUT2D eigenvalue weighted by Crippen LogP contribution is -2.23. The molecule has 0 unspecified atom stereocenters. The van der Waals surface area contributed by atoms with Gasteiger partial charge in [0.05, 0.1) is 11.6 Å². The molecule has 0 amide bonds. The quantitative estimate of drug-likeness (QED) is 0.876. The monoisotopic (exact) mass is 339 g/mol. The zero-order valence-electron chi connectivity index (χ0n) is 11.6. The van der Waals surface area contributed by atoms with E-state index in [1.165, 1.54) is 0 Å². The van der Waals surface area contributed by atoms with Crippen LogP contribution >= 0.6 is 24.0 Å². The summed E-state index contributed by atoms with van der Waals surface area (Å²) in [5, 5.41) is 13.1. The maximum atomic E-state index is 11.0. The summed E-state index contributed by atoms with van der Waals surface area (Å²) in [6.07, 6.45) is 0. The molecule has 22 heavy (non-hydrogen) atoms. The van der Waals surface area contributed by atoms with E-state index in [1.54, 1.807) is 18.2 Å². The van der Waals surface area contributed by atoms with Gasteiger partial charge in [-0.15, -0.1) is 12.4 Å². The van der Waals surface area contributed by atoms with Gasteiger partial charge in [-0.05, 0) is 29.8 Å². The Kier molecular flexibility index (Phi) is 5.29. The van der Waals surface area contributed by atoms with Gasteiger partial charge >= 0.3 is 5.97 Å². The maximum Gasteiger partial charge on any atom is 0.335 e. The van der Waals surface area contributed by atoms with E-state index in [-0.39, 0.29) is 24.0 Å². The summed E-state index contributed by atoms with van der Waals surface area (Å²) in [6, 6.07) is 12.6. The first kappa shape index (κ1) is 16.6. The van der Waals surface area contributed by atoms with E-state index in [0.717, 1.165) is 11.1 Å². The Morgan fingerprint density at radius 2 is 1.95 bits per heavy atom. The van der Waals surface area contributed by atoms with Crippen molar-refractivity contribution in [2.24, 2.45) is 0 Å². The number of halogens is 2. The second-order valence-electron chi connectivity index (χ2n) is 4.92. The third-order valence-electron chi connectivity index (χ3n) is 3.53. The molecule has 2 aromatic rings. The Labute approximate surface area is 139 Å². The van der Waals surface area contributed by atoms with Gasteiger partial charge in [0, 0.05) is 17.1 Å². The summed E-state index contributed by atoms with van der Waals surface area (Å²) in [5.41, 5.74) is 2.28. The van der Waals surface area contributed by atoms with E-state index in [1.807, 2.05) is 24.3 Å². The fraction of sp³-hybridized carbons (Fsp3) is 0.188. The van der Waals surface area contributed by atoms with E-state index in [2.05, 4.69) is 5.32 Å². The standard InChI is InChI=1S/C16H14ClNO3.ClH/c17-13-5-3-10(4-6-13)14-9-21-15-7-11(16(19)20)1-2-12(15)8-18-14;/h1-7,14,18H,8-9H2,(H,19,20);1H/t14-;/m1./s1. The minimum Gasteiger partial charge on any atom is -0.491 e. The van der Waals surface area contributed by atoms with Crippen LogP contribution in [0.4, 0.5) is 0 Å². The number of aromatic carboxylic acids is 1. The van der Waals surface area contributed by atoms with Gasteiger partial charge in [-0.25, -0.2) is 4.79 Å². The molecule has 2 N–H and O–H groups in total. The molecule has 0 radical (unpaired) electrons. The second kappa shape index (κ2) is 7.01. The molecule has 3 rings (SSSR count). The number of carbonyl (C=O) groups is 1. The molecule has 4 nitrogen and oxygen atoms in total. The third-order valence-corrected chi connectivity index (χ3v) is 3.78. The van der Waals surface area contributed by atoms with Gasteiger partial charge in [0.1, 0.15) is 12.4 Å². The second-order valence-corrected chi connectivity index (χ2v) is 5.36. The van der Waals surface area contributed by atoms with Crippen LogP contribution in [0.3, 0.4) is 0 Å². The predicted molar refractivity (Wildman–Crippen MR) is 87.2 cm³/mol. The highest BCUT2D eigenvalue weighted by molar-refractivity contribution is 6.30. The first-order valence-corrected chi connectivity index (χ1v) is 6.99. The lowest BCUT2D eigenvalue weighted by atomic mass is 10.1. The molecule has 6 heteroatoms. The zero-order valence-corrected chi connectivity index (χ0v) is 13.2. The zero-order chi connectivity index (χ0) is 14.8. The minimum atomic E-state index is -0.951. The lowest BCUT2D eigenvalue weighted by molar-refractivity contribution is 0.0696. The Morgan fingerprint density at radius 3 is 2.64 bits per heavy atom. The average Bonchev–Trinajstić information content (AvgIpc) is 2.70. The van der Waals surface area contributed by atoms with Gasteiger partial charge in [-0.1, -0.05) is 29.8 Å². The van der Waals surface area contributed by atoms with E-state index < -0.39 is 5.97 Å². The number of carboxylic acids is 1. The van der Waals surface area contributed by atoms with Gasteiger partial charge in [-0.3, -0.25) is 0 Å². The summed E-state index contributed by atoms with van der Waals surface area (Å²) >= 11 is 5.90. The Hall–Kier alpha value is -1.75. The summed E-state index contributed by atoms with van der Waals surface area (Å²) in [4.78, 5) is 11.0. The molecule has 1 heterocycles. The summed E-state index contributed by atoms with van der Waals surface area (Å²) < 4.78 is 5.78. The van der Waals surface area contributed by atoms with Gasteiger partial charge in [-0.2, -0.15) is 0 Å². The highest BCUT2D eigenvalue weighted by Gasteiger charge is 2.19. The van der Waals surface area contributed by atoms with E-state index in [0.29, 0.717) is 23.9 Å². The van der Waals surface area contributed by atoms with Crippen molar-refractivity contribution in [2.45, 2.75) is 12.6 Å². The van der Waals surface area contributed by atoms with Gasteiger partial charge in [0.15, 0.2) is 0 Å². The van der Waals surface area contributed by atoms with Crippen LogP contribution in [0, 0.1) is 0 Å². The first-order chi connectivity index (χ1) is 10.1. The molecule has 0 aromatic heterocycles. The molecule has 0 saturated heterocycles. The summed E-state index contributed by atoms with van der Waals surface area (Å²) in [5.74, 6) is -0.327. The van der Waals surface area contributed by atoms with Crippen LogP contribution in [0.2, 0.25) is 5.02 Å². The molecular formula is C16H15Cl2NO3. The molecule has 1 aliphatic heterocycles. The van der Waals surface area contributed by atoms with Gasteiger partial charge in [0.2, 0.25) is 0 Å². The number of hydrogen-bond acceptors (Lipinski definition) is 3. The van der Waals surface area contributed by atoms with Crippen molar-refractivity contribution < 1.29 is 14.6 Å². The number of rotatable bonds is 2. The largest absolute Gasteiger partial charge is 0.491 e. The molecule has 0 saturated carbocycles. The molecule has 0 spiro atoms. The van der Waals surface area contributed by atoms with E-state index in [4.69, 9.17) is 21.4 Å². The molecule has 0 fully saturated rings. The number of ether oxygens (including phenoxy) is 1. The van der Waals surface area contributed by atoms with Crippen molar-refractivity contribution in [1.29, 1.82) is 0 Å². The fourth-order valence-corrected chi connectivity index (χ4v) is 2.47. The fourth-order valence-electron chi connectivity index (χ4n) is 2.34. The average molecular weight is 340 g/mol. The molecule has 116 valence electrons.